The maximum Gasteiger partial charge on any atom is 0.224 e. The van der Waals surface area contributed by atoms with Gasteiger partial charge in [0.1, 0.15) is 6.33 Å². The summed E-state index contributed by atoms with van der Waals surface area (Å²) in [4.78, 5) is 12.7. The van der Waals surface area contributed by atoms with Gasteiger partial charge >= 0.3 is 0 Å². The van der Waals surface area contributed by atoms with Gasteiger partial charge in [-0.25, -0.2) is 4.98 Å². The third kappa shape index (κ3) is 2.32. The lowest BCUT2D eigenvalue weighted by Crippen LogP contribution is -2.12. The Bertz CT molecular complexity index is 747. The molecular formula is C14H18N6O2. The zero-order valence-corrected chi connectivity index (χ0v) is 12.0. The third-order valence-corrected chi connectivity index (χ3v) is 3.84. The Labute approximate surface area is 127 Å². The minimum absolute atomic E-state index is 0.0781. The third-order valence-electron chi connectivity index (χ3n) is 3.84. The van der Waals surface area contributed by atoms with Crippen molar-refractivity contribution >= 4 is 29.1 Å². The predicted molar refractivity (Wildman–Crippen MR) is 83.9 cm³/mol. The van der Waals surface area contributed by atoms with Gasteiger partial charge in [0.15, 0.2) is 17.0 Å². The average Bonchev–Trinajstić information content (AvgIpc) is 3.09. The van der Waals surface area contributed by atoms with Crippen molar-refractivity contribution in [2.24, 2.45) is 5.41 Å². The molecule has 0 aliphatic heterocycles. The fourth-order valence-corrected chi connectivity index (χ4v) is 2.36. The Morgan fingerprint density at radius 3 is 2.82 bits per heavy atom. The molecule has 3 rings (SSSR count). The molecule has 5 N–H and O–H groups in total. The monoisotopic (exact) mass is 302 g/mol. The second-order valence-electron chi connectivity index (χ2n) is 5.35. The molecule has 0 unspecified atom stereocenters. The topological polar surface area (TPSA) is 122 Å². The van der Waals surface area contributed by atoms with Crippen molar-refractivity contribution in [3.8, 4) is 0 Å². The Balaban J connectivity index is 2.01. The lowest BCUT2D eigenvalue weighted by atomic mass is 10.1. The highest BCUT2D eigenvalue weighted by atomic mass is 16.3. The van der Waals surface area contributed by atoms with E-state index >= 15 is 0 Å². The van der Waals surface area contributed by atoms with Crippen LogP contribution in [0.15, 0.2) is 24.6 Å². The van der Waals surface area contributed by atoms with Crippen LogP contribution in [0.25, 0.3) is 17.4 Å². The van der Waals surface area contributed by atoms with Crippen molar-refractivity contribution in [1.82, 2.24) is 19.5 Å². The number of nitrogens with two attached hydrogens (primary N) is 1. The highest BCUT2D eigenvalue weighted by Crippen LogP contribution is 2.51. The summed E-state index contributed by atoms with van der Waals surface area (Å²) < 4.78 is 1.73. The molecule has 22 heavy (non-hydrogen) atoms. The van der Waals surface area contributed by atoms with Crippen LogP contribution >= 0.6 is 0 Å². The Kier molecular flexibility index (Phi) is 3.55. The second-order valence-corrected chi connectivity index (χ2v) is 5.35. The molecule has 0 aromatic carbocycles. The summed E-state index contributed by atoms with van der Waals surface area (Å²) in [6, 6.07) is 0. The first-order valence-corrected chi connectivity index (χ1v) is 6.91. The van der Waals surface area contributed by atoms with Crippen molar-refractivity contribution in [1.29, 1.82) is 0 Å². The van der Waals surface area contributed by atoms with E-state index in [1.807, 2.05) is 6.20 Å². The normalized spacial score (nSPS) is 17.8. The van der Waals surface area contributed by atoms with Crippen LogP contribution in [0.5, 0.6) is 0 Å². The first-order valence-electron chi connectivity index (χ1n) is 6.91. The molecule has 2 aromatic heterocycles. The van der Waals surface area contributed by atoms with Crippen LogP contribution in [-0.4, -0.2) is 49.5 Å². The van der Waals surface area contributed by atoms with Crippen LogP contribution < -0.4 is 11.1 Å². The zero-order valence-electron chi connectivity index (χ0n) is 12.0. The summed E-state index contributed by atoms with van der Waals surface area (Å²) in [5, 5.41) is 21.8. The van der Waals surface area contributed by atoms with Crippen molar-refractivity contribution in [3.63, 3.8) is 0 Å². The van der Waals surface area contributed by atoms with Gasteiger partial charge < -0.3 is 21.3 Å². The van der Waals surface area contributed by atoms with E-state index in [-0.39, 0.29) is 19.2 Å². The minimum atomic E-state index is -0.515. The molecule has 0 spiro atoms. The van der Waals surface area contributed by atoms with Gasteiger partial charge in [0.05, 0.1) is 13.2 Å². The van der Waals surface area contributed by atoms with Crippen LogP contribution in [0.2, 0.25) is 0 Å². The number of aliphatic hydroxyl groups excluding tert-OH is 2. The number of anilines is 2. The molecule has 0 atom stereocenters. The summed E-state index contributed by atoms with van der Waals surface area (Å²) >= 11 is 0. The fraction of sp³-hybridized carbons (Fsp3) is 0.357. The van der Waals surface area contributed by atoms with Crippen LogP contribution in [0.4, 0.5) is 11.8 Å². The number of hydrogen-bond acceptors (Lipinski definition) is 7. The summed E-state index contributed by atoms with van der Waals surface area (Å²) in [7, 11) is 0. The van der Waals surface area contributed by atoms with Gasteiger partial charge in [0.2, 0.25) is 5.95 Å². The predicted octanol–water partition coefficient (Wildman–Crippen LogP) is 0.222. The number of nitrogen functional groups attached to an aromatic ring is 1. The number of nitrogens with zero attached hydrogens (tertiary/aromatic N) is 4. The van der Waals surface area contributed by atoms with E-state index in [0.717, 1.165) is 5.57 Å². The summed E-state index contributed by atoms with van der Waals surface area (Å²) in [5.74, 6) is 0.691. The number of nitrogens with one attached hydrogen (secondary N) is 1. The number of rotatable bonds is 6. The average molecular weight is 302 g/mol. The minimum Gasteiger partial charge on any atom is -0.395 e. The molecule has 0 amide bonds. The molecule has 0 radical (unpaired) electrons. The SMILES string of the molecule is C=CCNc1nc(N)nc2c1ncn2/C=C1/CC1(CO)CO. The number of imidazole rings is 1. The number of aliphatic hydroxyl groups is 2. The van der Waals surface area contributed by atoms with Crippen molar-refractivity contribution < 1.29 is 10.2 Å². The number of aromatic nitrogens is 4. The smallest absolute Gasteiger partial charge is 0.224 e. The summed E-state index contributed by atoms with van der Waals surface area (Å²) in [6.45, 7) is 4.03. The van der Waals surface area contributed by atoms with Crippen LogP contribution in [0, 0.1) is 5.41 Å². The molecule has 8 heteroatoms. The molecule has 1 saturated carbocycles. The molecule has 2 aromatic rings. The van der Waals surface area contributed by atoms with Crippen LogP contribution in [0.1, 0.15) is 6.42 Å². The van der Waals surface area contributed by atoms with E-state index in [1.165, 1.54) is 0 Å². The van der Waals surface area contributed by atoms with Crippen molar-refractivity contribution in [2.45, 2.75) is 6.42 Å². The standard InChI is InChI=1S/C14H18N6O2/c1-2-3-16-11-10-12(19-13(15)18-11)20(8-17-10)5-9-4-14(9,6-21)7-22/h2,5,8,21-22H,1,3-4,6-7H2,(H3,15,16,18,19)/b9-5-. The summed E-state index contributed by atoms with van der Waals surface area (Å²) in [5.41, 5.74) is 7.36. The maximum atomic E-state index is 9.36. The summed E-state index contributed by atoms with van der Waals surface area (Å²) in [6.07, 6.45) is 5.81. The lowest BCUT2D eigenvalue weighted by Gasteiger charge is -2.06. The zero-order chi connectivity index (χ0) is 15.7. The van der Waals surface area contributed by atoms with E-state index in [0.29, 0.717) is 29.9 Å². The van der Waals surface area contributed by atoms with Gasteiger partial charge in [0, 0.05) is 18.2 Å². The van der Waals surface area contributed by atoms with Crippen LogP contribution in [0.3, 0.4) is 0 Å². The quantitative estimate of drug-likeness (QED) is 0.563. The van der Waals surface area contributed by atoms with Gasteiger partial charge in [-0.05, 0) is 12.0 Å². The molecule has 1 aliphatic rings. The van der Waals surface area contributed by atoms with Crippen molar-refractivity contribution in [3.05, 3.63) is 24.6 Å². The fourth-order valence-electron chi connectivity index (χ4n) is 2.36. The van der Waals surface area contributed by atoms with E-state index in [2.05, 4.69) is 26.8 Å². The van der Waals surface area contributed by atoms with Crippen LogP contribution in [-0.2, 0) is 0 Å². The van der Waals surface area contributed by atoms with Crippen molar-refractivity contribution in [2.75, 3.05) is 30.8 Å². The van der Waals surface area contributed by atoms with E-state index < -0.39 is 5.41 Å². The molecule has 116 valence electrons. The van der Waals surface area contributed by atoms with Gasteiger partial charge in [-0.15, -0.1) is 6.58 Å². The number of hydrogen-bond donors (Lipinski definition) is 4. The maximum absolute atomic E-state index is 9.36. The Hall–Kier alpha value is -2.45. The van der Waals surface area contributed by atoms with Gasteiger partial charge in [-0.2, -0.15) is 9.97 Å². The first-order chi connectivity index (χ1) is 10.6. The molecular weight excluding hydrogens is 284 g/mol. The first kappa shape index (κ1) is 14.5. The highest BCUT2D eigenvalue weighted by Gasteiger charge is 2.48. The molecule has 0 saturated heterocycles. The molecule has 0 bridgehead atoms. The molecule has 1 fully saturated rings. The number of fused-ring (bicyclic) bond motifs is 1. The highest BCUT2D eigenvalue weighted by molar-refractivity contribution is 5.85. The second kappa shape index (κ2) is 5.39. The molecule has 1 aliphatic carbocycles. The Morgan fingerprint density at radius 1 is 1.41 bits per heavy atom. The van der Waals surface area contributed by atoms with Gasteiger partial charge in [-0.1, -0.05) is 6.08 Å². The van der Waals surface area contributed by atoms with E-state index in [4.69, 9.17) is 5.73 Å². The molecule has 2 heterocycles. The molecule has 8 nitrogen and oxygen atoms in total. The largest absolute Gasteiger partial charge is 0.395 e. The van der Waals surface area contributed by atoms with Gasteiger partial charge in [0.25, 0.3) is 0 Å². The van der Waals surface area contributed by atoms with Gasteiger partial charge in [-0.3, -0.25) is 4.57 Å². The Morgan fingerprint density at radius 2 is 2.18 bits per heavy atom. The van der Waals surface area contributed by atoms with E-state index in [1.54, 1.807) is 17.0 Å². The van der Waals surface area contributed by atoms with E-state index in [9.17, 15) is 10.2 Å². The lowest BCUT2D eigenvalue weighted by molar-refractivity contribution is 0.143.